The Morgan fingerprint density at radius 2 is 2.04 bits per heavy atom. The zero-order valence-corrected chi connectivity index (χ0v) is 15.7. The van der Waals surface area contributed by atoms with Crippen molar-refractivity contribution >= 4 is 29.2 Å². The minimum Gasteiger partial charge on any atom is -0.496 e. The van der Waals surface area contributed by atoms with E-state index in [0.717, 1.165) is 12.8 Å². The largest absolute Gasteiger partial charge is 0.496 e. The Morgan fingerprint density at radius 3 is 2.68 bits per heavy atom. The lowest BCUT2D eigenvalue weighted by Crippen LogP contribution is -2.36. The van der Waals surface area contributed by atoms with E-state index in [1.165, 1.54) is 11.7 Å². The number of H-pyrrole nitrogens is 1. The van der Waals surface area contributed by atoms with E-state index in [0.29, 0.717) is 16.3 Å². The van der Waals surface area contributed by atoms with Gasteiger partial charge in [-0.1, -0.05) is 11.6 Å². The molecule has 148 valence electrons. The van der Waals surface area contributed by atoms with E-state index in [-0.39, 0.29) is 23.8 Å². The highest BCUT2D eigenvalue weighted by Crippen LogP contribution is 2.35. The molecule has 1 aliphatic carbocycles. The van der Waals surface area contributed by atoms with Crippen LogP contribution in [0.15, 0.2) is 27.8 Å². The Bertz CT molecular complexity index is 1050. The smallest absolute Gasteiger partial charge is 0.330 e. The maximum Gasteiger partial charge on any atom is 0.330 e. The molecule has 1 aliphatic rings. The summed E-state index contributed by atoms with van der Waals surface area (Å²) < 4.78 is 11.3. The van der Waals surface area contributed by atoms with Crippen LogP contribution in [-0.4, -0.2) is 35.0 Å². The van der Waals surface area contributed by atoms with Gasteiger partial charge < -0.3 is 15.2 Å². The van der Waals surface area contributed by atoms with E-state index >= 15 is 0 Å². The second-order valence-corrected chi connectivity index (χ2v) is 6.77. The molecule has 28 heavy (non-hydrogen) atoms. The van der Waals surface area contributed by atoms with E-state index in [1.807, 2.05) is 0 Å². The molecule has 0 aliphatic heterocycles. The van der Waals surface area contributed by atoms with Gasteiger partial charge >= 0.3 is 11.7 Å². The number of aromatic nitrogens is 2. The second kappa shape index (κ2) is 7.89. The Morgan fingerprint density at radius 1 is 1.32 bits per heavy atom. The van der Waals surface area contributed by atoms with Crippen molar-refractivity contribution in [2.24, 2.45) is 0 Å². The first-order chi connectivity index (χ1) is 13.3. The highest BCUT2D eigenvalue weighted by atomic mass is 35.5. The van der Waals surface area contributed by atoms with E-state index < -0.39 is 29.6 Å². The number of esters is 1. The number of carbonyl (C=O) groups is 2. The average Bonchev–Trinajstić information content (AvgIpc) is 3.44. The minimum atomic E-state index is -0.906. The zero-order chi connectivity index (χ0) is 20.4. The molecule has 1 saturated carbocycles. The predicted octanol–water partition coefficient (Wildman–Crippen LogP) is 1.08. The molecule has 1 heterocycles. The van der Waals surface area contributed by atoms with Crippen molar-refractivity contribution in [3.8, 4) is 5.75 Å². The van der Waals surface area contributed by atoms with E-state index in [2.05, 4.69) is 4.98 Å². The Hall–Kier alpha value is -3.07. The number of anilines is 1. The predicted molar refractivity (Wildman–Crippen MR) is 101 cm³/mol. The van der Waals surface area contributed by atoms with Crippen molar-refractivity contribution in [3.63, 3.8) is 0 Å². The topological polar surface area (TPSA) is 133 Å². The Labute approximate surface area is 164 Å². The van der Waals surface area contributed by atoms with E-state index in [9.17, 15) is 19.2 Å². The first-order valence-electron chi connectivity index (χ1n) is 8.47. The van der Waals surface area contributed by atoms with E-state index in [4.69, 9.17) is 26.8 Å². The molecule has 2 aromatic rings. The summed E-state index contributed by atoms with van der Waals surface area (Å²) in [5.74, 6) is -1.27. The summed E-state index contributed by atoms with van der Waals surface area (Å²) >= 11 is 5.92. The highest BCUT2D eigenvalue weighted by molar-refractivity contribution is 6.30. The summed E-state index contributed by atoms with van der Waals surface area (Å²) in [5, 5.41) is 0.418. The average molecular weight is 408 g/mol. The summed E-state index contributed by atoms with van der Waals surface area (Å²) in [5.41, 5.74) is 4.40. The molecule has 1 aromatic carbocycles. The Balaban J connectivity index is 1.72. The molecule has 1 aromatic heterocycles. The molecule has 0 radical (unpaired) electrons. The van der Waals surface area contributed by atoms with Gasteiger partial charge in [-0.05, 0) is 31.0 Å². The fraction of sp³-hybridized carbons (Fsp3) is 0.333. The van der Waals surface area contributed by atoms with Gasteiger partial charge in [0, 0.05) is 16.6 Å². The molecule has 0 atom stereocenters. The molecule has 0 spiro atoms. The Kier molecular flexibility index (Phi) is 5.55. The first kappa shape index (κ1) is 19.7. The third-order valence-electron chi connectivity index (χ3n) is 4.31. The highest BCUT2D eigenvalue weighted by Gasteiger charge is 2.30. The van der Waals surface area contributed by atoms with Crippen LogP contribution in [0.2, 0.25) is 5.02 Å². The number of ketones is 1. The molecular formula is C18H18ClN3O6. The number of nitrogens with zero attached hydrogens (tertiary/aromatic N) is 1. The quantitative estimate of drug-likeness (QED) is 0.518. The van der Waals surface area contributed by atoms with Crippen LogP contribution in [0.3, 0.4) is 0 Å². The van der Waals surface area contributed by atoms with Crippen LogP contribution >= 0.6 is 11.6 Å². The number of carbonyl (C=O) groups excluding carboxylic acids is 2. The zero-order valence-electron chi connectivity index (χ0n) is 15.0. The van der Waals surface area contributed by atoms with Crippen LogP contribution < -0.4 is 21.7 Å². The summed E-state index contributed by atoms with van der Waals surface area (Å²) in [7, 11) is 1.45. The number of Topliss-reactive ketones (excluding diaryl/α,β-unsaturated/α-hetero) is 1. The van der Waals surface area contributed by atoms with E-state index in [1.54, 1.807) is 18.2 Å². The fourth-order valence-corrected chi connectivity index (χ4v) is 3.04. The number of hydrogen-bond donors (Lipinski definition) is 2. The SMILES string of the molecule is COc1ccc(Cl)cc1CC(=O)OCC(=O)c1c(N)n(C2CC2)c(=O)[nH]c1=O. The van der Waals surface area contributed by atoms with Crippen molar-refractivity contribution in [2.75, 3.05) is 19.5 Å². The fourth-order valence-electron chi connectivity index (χ4n) is 2.84. The summed E-state index contributed by atoms with van der Waals surface area (Å²) in [6.45, 7) is -0.683. The van der Waals surface area contributed by atoms with Crippen LogP contribution in [0.4, 0.5) is 5.82 Å². The van der Waals surface area contributed by atoms with Crippen molar-refractivity contribution < 1.29 is 19.1 Å². The molecule has 10 heteroatoms. The molecule has 0 amide bonds. The number of nitrogen functional groups attached to an aromatic ring is 1. The summed E-state index contributed by atoms with van der Waals surface area (Å²) in [4.78, 5) is 50.5. The van der Waals surface area contributed by atoms with Crippen molar-refractivity contribution in [3.05, 3.63) is 55.2 Å². The molecule has 1 fully saturated rings. The van der Waals surface area contributed by atoms with Crippen molar-refractivity contribution in [1.82, 2.24) is 9.55 Å². The molecule has 3 rings (SSSR count). The summed E-state index contributed by atoms with van der Waals surface area (Å²) in [6, 6.07) is 4.64. The summed E-state index contributed by atoms with van der Waals surface area (Å²) in [6.07, 6.45) is 1.30. The number of aromatic amines is 1. The number of nitrogens with one attached hydrogen (secondary N) is 1. The van der Waals surface area contributed by atoms with Crippen molar-refractivity contribution in [2.45, 2.75) is 25.3 Å². The lowest BCUT2D eigenvalue weighted by molar-refractivity contribution is -0.141. The van der Waals surface area contributed by atoms with Gasteiger partial charge in [0.25, 0.3) is 5.56 Å². The minimum absolute atomic E-state index is 0.131. The van der Waals surface area contributed by atoms with Crippen LogP contribution in [0.1, 0.15) is 34.8 Å². The molecule has 0 saturated heterocycles. The molecule has 3 N–H and O–H groups in total. The normalized spacial score (nSPS) is 13.2. The third-order valence-corrected chi connectivity index (χ3v) is 4.55. The van der Waals surface area contributed by atoms with Gasteiger partial charge in [-0.15, -0.1) is 0 Å². The van der Waals surface area contributed by atoms with Gasteiger partial charge in [-0.3, -0.25) is 23.9 Å². The van der Waals surface area contributed by atoms with Gasteiger partial charge in [0.05, 0.1) is 13.5 Å². The van der Waals surface area contributed by atoms with Crippen LogP contribution in [0, 0.1) is 0 Å². The second-order valence-electron chi connectivity index (χ2n) is 6.34. The number of hydrogen-bond acceptors (Lipinski definition) is 7. The maximum atomic E-state index is 12.4. The van der Waals surface area contributed by atoms with Crippen LogP contribution in [-0.2, 0) is 16.0 Å². The number of halogens is 1. The van der Waals surface area contributed by atoms with Gasteiger partial charge in [0.15, 0.2) is 6.61 Å². The number of benzene rings is 1. The number of methoxy groups -OCH3 is 1. The van der Waals surface area contributed by atoms with Crippen molar-refractivity contribution in [1.29, 1.82) is 0 Å². The molecule has 0 unspecified atom stereocenters. The standard InChI is InChI=1S/C18H18ClN3O6/c1-27-13-5-2-10(19)6-9(13)7-14(24)28-8-12(23)15-16(20)22(11-3-4-11)18(26)21-17(15)25/h2,5-6,11H,3-4,7-8,20H2,1H3,(H,21,25,26). The lowest BCUT2D eigenvalue weighted by atomic mass is 10.1. The lowest BCUT2D eigenvalue weighted by Gasteiger charge is -2.12. The molecule has 0 bridgehead atoms. The number of rotatable bonds is 7. The van der Waals surface area contributed by atoms with Gasteiger partial charge in [0.2, 0.25) is 5.78 Å². The monoisotopic (exact) mass is 407 g/mol. The third kappa shape index (κ3) is 4.09. The van der Waals surface area contributed by atoms with Gasteiger partial charge in [0.1, 0.15) is 17.1 Å². The first-order valence-corrected chi connectivity index (χ1v) is 8.85. The van der Waals surface area contributed by atoms with Gasteiger partial charge in [-0.25, -0.2) is 4.79 Å². The number of nitrogens with two attached hydrogens (primary N) is 1. The molecule has 9 nitrogen and oxygen atoms in total. The van der Waals surface area contributed by atoms with Crippen LogP contribution in [0.25, 0.3) is 0 Å². The van der Waals surface area contributed by atoms with Gasteiger partial charge in [-0.2, -0.15) is 0 Å². The molecular weight excluding hydrogens is 390 g/mol. The number of ether oxygens (including phenoxy) is 2. The maximum absolute atomic E-state index is 12.4. The van der Waals surface area contributed by atoms with Crippen LogP contribution in [0.5, 0.6) is 5.75 Å².